The fourth-order valence-corrected chi connectivity index (χ4v) is 9.16. The van der Waals surface area contributed by atoms with E-state index in [4.69, 9.17) is 23.8 Å². The number of furan rings is 2. The second-order valence-corrected chi connectivity index (χ2v) is 15.1. The minimum Gasteiger partial charge on any atom is -0.456 e. The van der Waals surface area contributed by atoms with Gasteiger partial charge in [0.1, 0.15) is 22.3 Å². The molecule has 0 spiro atoms. The Bertz CT molecular complexity index is 3870. The molecule has 0 N–H and O–H groups in total. The molecule has 0 amide bonds. The summed E-state index contributed by atoms with van der Waals surface area (Å²) < 4.78 is 15.4. The van der Waals surface area contributed by atoms with Crippen LogP contribution < -0.4 is 0 Å². The number of hydrogen-bond donors (Lipinski definition) is 0. The highest BCUT2D eigenvalue weighted by Gasteiger charge is 2.25. The summed E-state index contributed by atoms with van der Waals surface area (Å²) in [5.74, 6) is 1.67. The summed E-state index contributed by atoms with van der Waals surface area (Å²) in [6.45, 7) is 0. The molecular weight excluding hydrogens is 725 g/mol. The van der Waals surface area contributed by atoms with Crippen molar-refractivity contribution in [2.24, 2.45) is 0 Å². The maximum Gasteiger partial charge on any atom is 0.166 e. The number of rotatable bonds is 4. The summed E-state index contributed by atoms with van der Waals surface area (Å²) in [6, 6.07) is 63.3. The molecule has 13 aromatic rings. The van der Waals surface area contributed by atoms with Crippen molar-refractivity contribution in [2.75, 3.05) is 0 Å². The molecule has 4 heterocycles. The lowest BCUT2D eigenvalue weighted by Crippen LogP contribution is -2.04. The largest absolute Gasteiger partial charge is 0.456 e. The van der Waals surface area contributed by atoms with Crippen LogP contribution in [-0.2, 0) is 0 Å². The van der Waals surface area contributed by atoms with Gasteiger partial charge in [-0.1, -0.05) is 127 Å². The molecule has 0 aliphatic carbocycles. The van der Waals surface area contributed by atoms with Crippen molar-refractivity contribution >= 4 is 87.2 Å². The molecule has 0 aliphatic heterocycles. The van der Waals surface area contributed by atoms with Crippen LogP contribution in [0.5, 0.6) is 0 Å². The van der Waals surface area contributed by atoms with Gasteiger partial charge in [-0.25, -0.2) is 15.0 Å². The zero-order chi connectivity index (χ0) is 38.6. The Morgan fingerprint density at radius 2 is 0.983 bits per heavy atom. The quantitative estimate of drug-likeness (QED) is 0.179. The molecule has 0 saturated heterocycles. The van der Waals surface area contributed by atoms with Crippen molar-refractivity contribution in [1.82, 2.24) is 19.5 Å². The fourth-order valence-electron chi connectivity index (χ4n) is 9.16. The molecule has 6 nitrogen and oxygen atoms in total. The topological polar surface area (TPSA) is 69.9 Å². The van der Waals surface area contributed by atoms with Gasteiger partial charge in [-0.3, -0.25) is 0 Å². The van der Waals surface area contributed by atoms with Gasteiger partial charge in [0.15, 0.2) is 17.5 Å². The number of para-hydroxylation sites is 3. The highest BCUT2D eigenvalue weighted by Crippen LogP contribution is 2.44. The minimum atomic E-state index is 0.543. The summed E-state index contributed by atoms with van der Waals surface area (Å²) in [4.78, 5) is 16.2. The molecule has 13 rings (SSSR count). The first kappa shape index (κ1) is 32.0. The molecule has 0 bridgehead atoms. The van der Waals surface area contributed by atoms with Gasteiger partial charge in [-0.2, -0.15) is 0 Å². The van der Waals surface area contributed by atoms with E-state index >= 15 is 0 Å². The standard InChI is InChI=1S/C53H30N4O2/c1-2-14-33-29-44-41(28-32(33)13-1)36-17-5-8-21-42(36)57(44)43-26-27-47-49(40-19-7-10-23-46(40)58-47)50(43)53-55-51(34-24-25-38-37-18-6-9-22-45(37)59-48(38)30-34)54-52(56-53)39-20-11-15-31-12-3-4-16-35(31)39/h1-30H. The van der Waals surface area contributed by atoms with Crippen LogP contribution in [0.1, 0.15) is 0 Å². The summed E-state index contributed by atoms with van der Waals surface area (Å²) in [5.41, 5.74) is 8.91. The minimum absolute atomic E-state index is 0.543. The first-order chi connectivity index (χ1) is 29.2. The van der Waals surface area contributed by atoms with Crippen molar-refractivity contribution in [3.63, 3.8) is 0 Å². The Kier molecular flexibility index (Phi) is 6.63. The molecule has 0 saturated carbocycles. The Morgan fingerprint density at radius 1 is 0.356 bits per heavy atom. The van der Waals surface area contributed by atoms with Gasteiger partial charge >= 0.3 is 0 Å². The van der Waals surface area contributed by atoms with Crippen LogP contribution >= 0.6 is 0 Å². The van der Waals surface area contributed by atoms with Crippen LogP contribution in [0.15, 0.2) is 191 Å². The predicted molar refractivity (Wildman–Crippen MR) is 240 cm³/mol. The van der Waals surface area contributed by atoms with E-state index in [0.29, 0.717) is 17.5 Å². The van der Waals surface area contributed by atoms with Gasteiger partial charge in [0.05, 0.1) is 22.3 Å². The Hall–Kier alpha value is -8.09. The second-order valence-electron chi connectivity index (χ2n) is 15.1. The van der Waals surface area contributed by atoms with Gasteiger partial charge in [-0.05, 0) is 76.1 Å². The maximum absolute atomic E-state index is 6.59. The lowest BCUT2D eigenvalue weighted by Gasteiger charge is -2.16. The fraction of sp³-hybridized carbons (Fsp3) is 0. The van der Waals surface area contributed by atoms with E-state index < -0.39 is 0 Å². The van der Waals surface area contributed by atoms with Gasteiger partial charge in [-0.15, -0.1) is 0 Å². The van der Waals surface area contributed by atoms with E-state index in [1.54, 1.807) is 0 Å². The van der Waals surface area contributed by atoms with E-state index in [0.717, 1.165) is 88.1 Å². The summed E-state index contributed by atoms with van der Waals surface area (Å²) in [7, 11) is 0. The zero-order valence-corrected chi connectivity index (χ0v) is 31.4. The first-order valence-corrected chi connectivity index (χ1v) is 19.8. The molecule has 9 aromatic carbocycles. The van der Waals surface area contributed by atoms with Crippen LogP contribution in [0.3, 0.4) is 0 Å². The van der Waals surface area contributed by atoms with E-state index in [9.17, 15) is 0 Å². The third-order valence-electron chi connectivity index (χ3n) is 11.8. The number of benzene rings is 9. The number of fused-ring (bicyclic) bond motifs is 11. The average Bonchev–Trinajstić information content (AvgIpc) is 3.96. The Morgan fingerprint density at radius 3 is 1.85 bits per heavy atom. The second kappa shape index (κ2) is 12.2. The van der Waals surface area contributed by atoms with Crippen LogP contribution in [0.25, 0.3) is 127 Å². The van der Waals surface area contributed by atoms with Crippen LogP contribution in [0, 0.1) is 0 Å². The van der Waals surface area contributed by atoms with E-state index in [1.165, 1.54) is 21.5 Å². The molecule has 0 unspecified atom stereocenters. The molecule has 274 valence electrons. The summed E-state index contributed by atoms with van der Waals surface area (Å²) >= 11 is 0. The van der Waals surface area contributed by atoms with E-state index in [-0.39, 0.29) is 0 Å². The third kappa shape index (κ3) is 4.77. The molecule has 0 radical (unpaired) electrons. The Balaban J connectivity index is 1.17. The van der Waals surface area contributed by atoms with Gasteiger partial charge in [0.2, 0.25) is 0 Å². The zero-order valence-electron chi connectivity index (χ0n) is 31.4. The normalized spacial score (nSPS) is 12.1. The van der Waals surface area contributed by atoms with Crippen molar-refractivity contribution in [3.05, 3.63) is 182 Å². The van der Waals surface area contributed by atoms with Crippen LogP contribution in [0.2, 0.25) is 0 Å². The first-order valence-electron chi connectivity index (χ1n) is 19.8. The highest BCUT2D eigenvalue weighted by atomic mass is 16.3. The predicted octanol–water partition coefficient (Wildman–Crippen LogP) is 14.1. The molecule has 0 aliphatic rings. The molecule has 4 aromatic heterocycles. The van der Waals surface area contributed by atoms with Crippen molar-refractivity contribution in [1.29, 1.82) is 0 Å². The molecule has 59 heavy (non-hydrogen) atoms. The van der Waals surface area contributed by atoms with Crippen molar-refractivity contribution in [2.45, 2.75) is 0 Å². The molecular formula is C53H30N4O2. The van der Waals surface area contributed by atoms with Crippen molar-refractivity contribution < 1.29 is 8.83 Å². The van der Waals surface area contributed by atoms with E-state index in [1.807, 2.05) is 36.4 Å². The number of hydrogen-bond acceptors (Lipinski definition) is 5. The van der Waals surface area contributed by atoms with Gasteiger partial charge in [0.25, 0.3) is 0 Å². The van der Waals surface area contributed by atoms with Crippen LogP contribution in [-0.4, -0.2) is 19.5 Å². The van der Waals surface area contributed by atoms with E-state index in [2.05, 4.69) is 150 Å². The lowest BCUT2D eigenvalue weighted by molar-refractivity contribution is 0.668. The average molecular weight is 755 g/mol. The maximum atomic E-state index is 6.59. The third-order valence-corrected chi connectivity index (χ3v) is 11.8. The Labute approximate surface area is 336 Å². The number of nitrogens with zero attached hydrogens (tertiary/aromatic N) is 4. The highest BCUT2D eigenvalue weighted by molar-refractivity contribution is 6.17. The molecule has 0 fully saturated rings. The smallest absolute Gasteiger partial charge is 0.166 e. The summed E-state index contributed by atoms with van der Waals surface area (Å²) in [5, 5.41) is 10.9. The summed E-state index contributed by atoms with van der Waals surface area (Å²) in [6.07, 6.45) is 0. The van der Waals surface area contributed by atoms with Gasteiger partial charge < -0.3 is 13.4 Å². The number of aromatic nitrogens is 4. The monoisotopic (exact) mass is 754 g/mol. The van der Waals surface area contributed by atoms with Crippen LogP contribution in [0.4, 0.5) is 0 Å². The lowest BCUT2D eigenvalue weighted by atomic mass is 10.0. The van der Waals surface area contributed by atoms with Crippen molar-refractivity contribution in [3.8, 4) is 39.9 Å². The molecule has 0 atom stereocenters. The SMILES string of the molecule is c1ccc2cc3c(cc2c1)c1ccccc1n3-c1ccc2oc3ccccc3c2c1-c1nc(-c2ccc3c(c2)oc2ccccc23)nc(-c2cccc3ccccc23)n1. The molecule has 6 heteroatoms. The van der Waals surface area contributed by atoms with Gasteiger partial charge in [0, 0.05) is 43.4 Å².